The zero-order chi connectivity index (χ0) is 19.1. The Morgan fingerprint density at radius 3 is 2.00 bits per heavy atom. The number of nitrogens with zero attached hydrogens (tertiary/aromatic N) is 1. The molecule has 0 unspecified atom stereocenters. The number of aliphatic carboxylic acids is 1. The van der Waals surface area contributed by atoms with Crippen LogP contribution in [0.2, 0.25) is 0 Å². The van der Waals surface area contributed by atoms with Gasteiger partial charge in [-0.3, -0.25) is 14.9 Å². The number of non-ortho nitro benzene ring substituents is 1. The predicted octanol–water partition coefficient (Wildman–Crippen LogP) is 4.32. The number of nitro groups is 1. The third-order valence-corrected chi connectivity index (χ3v) is 6.16. The Labute approximate surface area is 156 Å². The maximum Gasteiger partial charge on any atom is 0.306 e. The van der Waals surface area contributed by atoms with Crippen LogP contribution in [-0.2, 0) is 14.9 Å². The third-order valence-electron chi connectivity index (χ3n) is 6.16. The van der Waals surface area contributed by atoms with Crippen LogP contribution in [0.4, 0.5) is 5.69 Å². The Morgan fingerprint density at radius 2 is 1.56 bits per heavy atom. The molecule has 1 saturated carbocycles. The summed E-state index contributed by atoms with van der Waals surface area (Å²) in [7, 11) is 0. The van der Waals surface area contributed by atoms with Gasteiger partial charge in [0.25, 0.3) is 5.69 Å². The Bertz CT molecular complexity index is 848. The summed E-state index contributed by atoms with van der Waals surface area (Å²) < 4.78 is 6.04. The van der Waals surface area contributed by atoms with Crippen molar-refractivity contribution in [1.29, 1.82) is 0 Å². The smallest absolute Gasteiger partial charge is 0.306 e. The number of nitro benzene ring substituents is 1. The van der Waals surface area contributed by atoms with Gasteiger partial charge >= 0.3 is 5.97 Å². The first-order valence-electron chi connectivity index (χ1n) is 9.13. The van der Waals surface area contributed by atoms with Crippen molar-refractivity contribution in [2.75, 3.05) is 6.61 Å². The minimum absolute atomic E-state index is 0.0335. The second-order valence-electron chi connectivity index (χ2n) is 7.70. The van der Waals surface area contributed by atoms with Gasteiger partial charge < -0.3 is 9.84 Å². The zero-order valence-electron chi connectivity index (χ0n) is 14.9. The molecule has 6 heteroatoms. The van der Waals surface area contributed by atoms with E-state index in [9.17, 15) is 14.9 Å². The van der Waals surface area contributed by atoms with Crippen LogP contribution in [0.3, 0.4) is 0 Å². The minimum atomic E-state index is -0.795. The predicted molar refractivity (Wildman–Crippen MR) is 99.6 cm³/mol. The molecule has 1 aliphatic carbocycles. The molecule has 2 heterocycles. The van der Waals surface area contributed by atoms with Gasteiger partial charge in [-0.15, -0.1) is 0 Å². The van der Waals surface area contributed by atoms with Crippen LogP contribution in [0.25, 0.3) is 11.1 Å². The fourth-order valence-electron chi connectivity index (χ4n) is 4.43. The molecule has 2 aliphatic heterocycles. The molecule has 2 aromatic rings. The molecule has 3 aliphatic rings. The van der Waals surface area contributed by atoms with E-state index < -0.39 is 16.5 Å². The van der Waals surface area contributed by atoms with E-state index in [1.54, 1.807) is 12.1 Å². The molecule has 2 saturated heterocycles. The molecule has 27 heavy (non-hydrogen) atoms. The van der Waals surface area contributed by atoms with Gasteiger partial charge in [0.2, 0.25) is 0 Å². The van der Waals surface area contributed by atoms with Gasteiger partial charge in [-0.1, -0.05) is 24.3 Å². The zero-order valence-corrected chi connectivity index (χ0v) is 14.9. The lowest BCUT2D eigenvalue weighted by Gasteiger charge is -2.53. The van der Waals surface area contributed by atoms with Crippen molar-refractivity contribution in [2.24, 2.45) is 0 Å². The molecule has 5 rings (SSSR count). The van der Waals surface area contributed by atoms with E-state index >= 15 is 0 Å². The topological polar surface area (TPSA) is 89.7 Å². The summed E-state index contributed by atoms with van der Waals surface area (Å²) in [6, 6.07) is 14.8. The van der Waals surface area contributed by atoms with Crippen molar-refractivity contribution >= 4 is 11.7 Å². The summed E-state index contributed by atoms with van der Waals surface area (Å²) in [5.41, 5.74) is 2.74. The summed E-state index contributed by atoms with van der Waals surface area (Å²) >= 11 is 0. The number of fused-ring (bicyclic) bond motifs is 3. The number of benzene rings is 2. The SMILES string of the molecule is O=C(O)CC12CCC(c3ccc(-c4ccc([N+](=O)[O-])cc4)cc3)(CC1)CO2. The van der Waals surface area contributed by atoms with Crippen LogP contribution >= 0.6 is 0 Å². The average Bonchev–Trinajstić information content (AvgIpc) is 2.69. The molecule has 0 amide bonds. The third kappa shape index (κ3) is 3.21. The molecule has 1 N–H and O–H groups in total. The summed E-state index contributed by atoms with van der Waals surface area (Å²) in [6.45, 7) is 0.567. The first-order valence-corrected chi connectivity index (χ1v) is 9.13. The number of ether oxygens (including phenoxy) is 1. The highest BCUT2D eigenvalue weighted by Gasteiger charge is 2.51. The second kappa shape index (κ2) is 6.46. The molecule has 2 bridgehead atoms. The van der Waals surface area contributed by atoms with E-state index in [1.807, 2.05) is 12.1 Å². The van der Waals surface area contributed by atoms with Gasteiger partial charge in [0.1, 0.15) is 0 Å². The monoisotopic (exact) mass is 367 g/mol. The molecular formula is C21H21NO5. The normalized spacial score (nSPS) is 26.7. The van der Waals surface area contributed by atoms with Gasteiger partial charge in [-0.2, -0.15) is 0 Å². The highest BCUT2D eigenvalue weighted by atomic mass is 16.6. The molecule has 0 spiro atoms. The van der Waals surface area contributed by atoms with Crippen molar-refractivity contribution in [2.45, 2.75) is 43.1 Å². The fraction of sp³-hybridized carbons (Fsp3) is 0.381. The van der Waals surface area contributed by atoms with Gasteiger partial charge in [-0.25, -0.2) is 0 Å². The van der Waals surface area contributed by atoms with E-state index in [-0.39, 0.29) is 17.5 Å². The van der Waals surface area contributed by atoms with Gasteiger partial charge in [0, 0.05) is 17.5 Å². The molecule has 6 nitrogen and oxygen atoms in total. The first-order chi connectivity index (χ1) is 12.9. The van der Waals surface area contributed by atoms with Gasteiger partial charge in [-0.05, 0) is 54.5 Å². The Morgan fingerprint density at radius 1 is 1.00 bits per heavy atom. The lowest BCUT2D eigenvalue weighted by atomic mass is 9.62. The quantitative estimate of drug-likeness (QED) is 0.628. The molecule has 3 fully saturated rings. The number of carboxylic acids is 1. The summed E-state index contributed by atoms with van der Waals surface area (Å²) in [5.74, 6) is -0.795. The number of hydrogen-bond acceptors (Lipinski definition) is 4. The number of carboxylic acid groups (broad SMARTS) is 1. The fourth-order valence-corrected chi connectivity index (χ4v) is 4.43. The van der Waals surface area contributed by atoms with Crippen molar-refractivity contribution in [3.05, 3.63) is 64.2 Å². The van der Waals surface area contributed by atoms with Crippen LogP contribution in [0.5, 0.6) is 0 Å². The number of rotatable bonds is 5. The largest absolute Gasteiger partial charge is 0.481 e. The first kappa shape index (κ1) is 17.7. The van der Waals surface area contributed by atoms with E-state index in [2.05, 4.69) is 12.1 Å². The molecule has 0 atom stereocenters. The summed E-state index contributed by atoms with van der Waals surface area (Å²) in [5, 5.41) is 19.9. The van der Waals surface area contributed by atoms with Crippen molar-refractivity contribution in [3.8, 4) is 11.1 Å². The van der Waals surface area contributed by atoms with Crippen LogP contribution in [0.15, 0.2) is 48.5 Å². The highest BCUT2D eigenvalue weighted by Crippen LogP contribution is 2.51. The molecule has 140 valence electrons. The summed E-state index contributed by atoms with van der Waals surface area (Å²) in [6.07, 6.45) is 3.53. The molecular weight excluding hydrogens is 346 g/mol. The summed E-state index contributed by atoms with van der Waals surface area (Å²) in [4.78, 5) is 21.5. The minimum Gasteiger partial charge on any atom is -0.481 e. The maximum absolute atomic E-state index is 11.1. The van der Waals surface area contributed by atoms with E-state index in [1.165, 1.54) is 17.7 Å². The van der Waals surface area contributed by atoms with Gasteiger partial charge in [0.05, 0.1) is 23.6 Å². The van der Waals surface area contributed by atoms with Crippen LogP contribution < -0.4 is 0 Å². The Kier molecular flexibility index (Phi) is 4.23. The number of hydrogen-bond donors (Lipinski definition) is 1. The average molecular weight is 367 g/mol. The molecule has 0 radical (unpaired) electrons. The van der Waals surface area contributed by atoms with Crippen molar-refractivity contribution in [3.63, 3.8) is 0 Å². The molecule has 2 aromatic carbocycles. The highest BCUT2D eigenvalue weighted by molar-refractivity contribution is 5.68. The van der Waals surface area contributed by atoms with Crippen molar-refractivity contribution in [1.82, 2.24) is 0 Å². The van der Waals surface area contributed by atoms with Crippen LogP contribution in [-0.4, -0.2) is 28.2 Å². The molecule has 0 aromatic heterocycles. The van der Waals surface area contributed by atoms with Crippen molar-refractivity contribution < 1.29 is 19.6 Å². The van der Waals surface area contributed by atoms with E-state index in [0.29, 0.717) is 6.61 Å². The van der Waals surface area contributed by atoms with Crippen LogP contribution in [0.1, 0.15) is 37.7 Å². The lowest BCUT2D eigenvalue weighted by Crippen LogP contribution is -2.54. The standard InChI is InChI=1S/C21H21NO5/c23-19(24)13-21-11-9-20(10-12-21,14-27-21)17-5-1-15(2-6-17)16-3-7-18(8-4-16)22(25)26/h1-8H,9-14H2,(H,23,24). The Balaban J connectivity index is 1.52. The van der Waals surface area contributed by atoms with E-state index in [0.717, 1.165) is 36.8 Å². The lowest BCUT2D eigenvalue weighted by molar-refractivity contribution is -0.384. The number of carbonyl (C=O) groups is 1. The van der Waals surface area contributed by atoms with Crippen LogP contribution in [0, 0.1) is 10.1 Å². The Hall–Kier alpha value is -2.73. The maximum atomic E-state index is 11.1. The van der Waals surface area contributed by atoms with Gasteiger partial charge in [0.15, 0.2) is 0 Å². The van der Waals surface area contributed by atoms with E-state index in [4.69, 9.17) is 9.84 Å². The second-order valence-corrected chi connectivity index (χ2v) is 7.70.